The van der Waals surface area contributed by atoms with Crippen molar-refractivity contribution < 1.29 is 19.5 Å². The van der Waals surface area contributed by atoms with Crippen LogP contribution in [0.15, 0.2) is 5.38 Å². The molecule has 0 unspecified atom stereocenters. The van der Waals surface area contributed by atoms with E-state index >= 15 is 0 Å². The lowest BCUT2D eigenvalue weighted by molar-refractivity contribution is -0.144. The average Bonchev–Trinajstić information content (AvgIpc) is 2.97. The Balaban J connectivity index is 1.76. The van der Waals surface area contributed by atoms with E-state index in [0.717, 1.165) is 11.6 Å². The Morgan fingerprint density at radius 3 is 2.73 bits per heavy atom. The van der Waals surface area contributed by atoms with Gasteiger partial charge < -0.3 is 14.9 Å². The number of thiazole rings is 1. The minimum absolute atomic E-state index is 0.0696. The molecule has 0 saturated carbocycles. The number of aromatic nitrogens is 1. The summed E-state index contributed by atoms with van der Waals surface area (Å²) in [5.74, 6) is -1.20. The van der Waals surface area contributed by atoms with E-state index in [0.29, 0.717) is 44.6 Å². The molecule has 26 heavy (non-hydrogen) atoms. The van der Waals surface area contributed by atoms with Crippen molar-refractivity contribution >= 4 is 29.1 Å². The van der Waals surface area contributed by atoms with Crippen LogP contribution in [0.1, 0.15) is 34.8 Å². The summed E-state index contributed by atoms with van der Waals surface area (Å²) >= 11 is 1.46. The lowest BCUT2D eigenvalue weighted by Gasteiger charge is -2.49. The van der Waals surface area contributed by atoms with Gasteiger partial charge in [0.05, 0.1) is 5.01 Å². The molecule has 3 heterocycles. The minimum Gasteiger partial charge on any atom is -0.480 e. The molecule has 1 spiro atoms. The fraction of sp³-hybridized carbons (Fsp3) is 0.647. The fourth-order valence-corrected chi connectivity index (χ4v) is 4.41. The van der Waals surface area contributed by atoms with Gasteiger partial charge in [0, 0.05) is 43.5 Å². The predicted molar refractivity (Wildman–Crippen MR) is 96.2 cm³/mol. The maximum Gasteiger partial charge on any atom is 0.323 e. The maximum absolute atomic E-state index is 12.8. The molecule has 1 aromatic rings. The van der Waals surface area contributed by atoms with Gasteiger partial charge in [-0.2, -0.15) is 0 Å². The van der Waals surface area contributed by atoms with Crippen LogP contribution in [0.4, 0.5) is 0 Å². The molecule has 0 aromatic carbocycles. The lowest BCUT2D eigenvalue weighted by Crippen LogP contribution is -2.62. The molecule has 0 bridgehead atoms. The third kappa shape index (κ3) is 3.73. The zero-order valence-electron chi connectivity index (χ0n) is 15.1. The van der Waals surface area contributed by atoms with Crippen LogP contribution >= 0.6 is 11.3 Å². The first kappa shape index (κ1) is 18.8. The molecule has 2 aliphatic rings. The van der Waals surface area contributed by atoms with Gasteiger partial charge in [-0.15, -0.1) is 11.3 Å². The molecule has 0 aliphatic carbocycles. The van der Waals surface area contributed by atoms with Gasteiger partial charge >= 0.3 is 5.97 Å². The summed E-state index contributed by atoms with van der Waals surface area (Å²) in [6, 6.07) is 0. The van der Waals surface area contributed by atoms with Crippen molar-refractivity contribution in [3.8, 4) is 0 Å². The van der Waals surface area contributed by atoms with E-state index in [1.165, 1.54) is 16.2 Å². The summed E-state index contributed by atoms with van der Waals surface area (Å²) in [6.45, 7) is 3.89. The second-order valence-corrected chi connectivity index (χ2v) is 8.15. The van der Waals surface area contributed by atoms with Gasteiger partial charge in [-0.25, -0.2) is 4.98 Å². The molecule has 1 atom stereocenters. The number of hydrogen-bond acceptors (Lipinski definition) is 6. The van der Waals surface area contributed by atoms with Crippen molar-refractivity contribution in [1.29, 1.82) is 0 Å². The maximum atomic E-state index is 12.8. The monoisotopic (exact) mass is 380 g/mol. The van der Waals surface area contributed by atoms with Gasteiger partial charge in [-0.05, 0) is 26.8 Å². The molecule has 2 fully saturated rings. The number of rotatable bonds is 3. The van der Waals surface area contributed by atoms with Crippen LogP contribution in [0.25, 0.3) is 0 Å². The van der Waals surface area contributed by atoms with E-state index in [4.69, 9.17) is 5.11 Å². The number of aryl methyl sites for hydroxylation is 1. The van der Waals surface area contributed by atoms with Gasteiger partial charge in [-0.3, -0.25) is 19.3 Å². The second-order valence-electron chi connectivity index (χ2n) is 7.08. The van der Waals surface area contributed by atoms with Crippen molar-refractivity contribution in [2.45, 2.75) is 31.7 Å². The summed E-state index contributed by atoms with van der Waals surface area (Å²) < 4.78 is 0. The molecule has 2 aliphatic heterocycles. The molecular formula is C17H24N4O4S. The van der Waals surface area contributed by atoms with Crippen LogP contribution in [0.5, 0.6) is 0 Å². The summed E-state index contributed by atoms with van der Waals surface area (Å²) in [6.07, 6.45) is 1.58. The van der Waals surface area contributed by atoms with Crippen LogP contribution < -0.4 is 0 Å². The Hall–Kier alpha value is -2.00. The standard InChI is InChI=1S/C17H24N4O4S/c1-12-18-13(10-26-12)16(25)21-8-7-19(2)17(11-21)4-3-14(22)20(6-5-17)9-15(23)24/h10H,3-9,11H2,1-2H3,(H,23,24)/t17-/m0/s1. The number of aliphatic carboxylic acids is 1. The number of hydrogen-bond donors (Lipinski definition) is 1. The molecule has 1 aromatic heterocycles. The highest BCUT2D eigenvalue weighted by atomic mass is 32.1. The number of amides is 2. The van der Waals surface area contributed by atoms with Gasteiger partial charge in [-0.1, -0.05) is 0 Å². The summed E-state index contributed by atoms with van der Waals surface area (Å²) in [5, 5.41) is 11.7. The van der Waals surface area contributed by atoms with E-state index in [1.807, 2.05) is 18.9 Å². The topological polar surface area (TPSA) is 94.1 Å². The molecule has 9 heteroatoms. The van der Waals surface area contributed by atoms with Crippen molar-refractivity contribution in [2.24, 2.45) is 0 Å². The predicted octanol–water partition coefficient (Wildman–Crippen LogP) is 0.675. The lowest BCUT2D eigenvalue weighted by atomic mass is 9.86. The smallest absolute Gasteiger partial charge is 0.323 e. The quantitative estimate of drug-likeness (QED) is 0.829. The third-order valence-electron chi connectivity index (χ3n) is 5.46. The van der Waals surface area contributed by atoms with Crippen molar-refractivity contribution in [3.05, 3.63) is 16.1 Å². The van der Waals surface area contributed by atoms with Gasteiger partial charge in [0.15, 0.2) is 0 Å². The van der Waals surface area contributed by atoms with E-state index < -0.39 is 5.97 Å². The molecule has 1 N–H and O–H groups in total. The summed E-state index contributed by atoms with van der Waals surface area (Å²) in [4.78, 5) is 45.8. The molecule has 8 nitrogen and oxygen atoms in total. The number of carbonyl (C=O) groups excluding carboxylic acids is 2. The first-order valence-electron chi connectivity index (χ1n) is 8.73. The zero-order chi connectivity index (χ0) is 18.9. The SMILES string of the molecule is Cc1nc(C(=O)N2CCN(C)[C@]3(CCC(=O)N(CC(=O)O)CC3)C2)cs1. The number of nitrogens with zero attached hydrogens (tertiary/aromatic N) is 4. The second kappa shape index (κ2) is 7.32. The Bertz CT molecular complexity index is 721. The highest BCUT2D eigenvalue weighted by Crippen LogP contribution is 2.32. The van der Waals surface area contributed by atoms with E-state index in [1.54, 1.807) is 5.38 Å². The van der Waals surface area contributed by atoms with Crippen LogP contribution in [-0.4, -0.2) is 87.9 Å². The van der Waals surface area contributed by atoms with E-state index in [2.05, 4.69) is 9.88 Å². The fourth-order valence-electron chi connectivity index (χ4n) is 3.82. The highest BCUT2D eigenvalue weighted by Gasteiger charge is 2.43. The normalized spacial score (nSPS) is 24.8. The van der Waals surface area contributed by atoms with Crippen LogP contribution in [0.3, 0.4) is 0 Å². The average molecular weight is 380 g/mol. The minimum atomic E-state index is -0.998. The number of likely N-dealkylation sites (N-methyl/N-ethyl adjacent to an activating group) is 1. The van der Waals surface area contributed by atoms with Crippen LogP contribution in [0, 0.1) is 6.92 Å². The first-order valence-corrected chi connectivity index (χ1v) is 9.61. The van der Waals surface area contributed by atoms with Gasteiger partial charge in [0.1, 0.15) is 12.2 Å². The molecule has 2 amide bonds. The Morgan fingerprint density at radius 2 is 2.08 bits per heavy atom. The Kier molecular flexibility index (Phi) is 5.29. The van der Waals surface area contributed by atoms with Crippen LogP contribution in [-0.2, 0) is 9.59 Å². The zero-order valence-corrected chi connectivity index (χ0v) is 15.9. The van der Waals surface area contributed by atoms with Crippen molar-refractivity contribution in [2.75, 3.05) is 39.8 Å². The molecule has 142 valence electrons. The molecule has 3 rings (SSSR count). The number of likely N-dealkylation sites (tertiary alicyclic amines) is 1. The molecular weight excluding hydrogens is 356 g/mol. The van der Waals surface area contributed by atoms with Gasteiger partial charge in [0.2, 0.25) is 5.91 Å². The Labute approximate surface area is 156 Å². The number of carboxylic acids is 1. The van der Waals surface area contributed by atoms with Gasteiger partial charge in [0.25, 0.3) is 5.91 Å². The third-order valence-corrected chi connectivity index (χ3v) is 6.23. The van der Waals surface area contributed by atoms with E-state index in [-0.39, 0.29) is 23.9 Å². The van der Waals surface area contributed by atoms with Crippen LogP contribution in [0.2, 0.25) is 0 Å². The van der Waals surface area contributed by atoms with Crippen molar-refractivity contribution in [3.63, 3.8) is 0 Å². The Morgan fingerprint density at radius 1 is 1.31 bits per heavy atom. The first-order chi connectivity index (χ1) is 12.3. The summed E-state index contributed by atoms with van der Waals surface area (Å²) in [7, 11) is 2.02. The molecule has 0 radical (unpaired) electrons. The number of carbonyl (C=O) groups is 3. The summed E-state index contributed by atoms with van der Waals surface area (Å²) in [5.41, 5.74) is 0.173. The van der Waals surface area contributed by atoms with Crippen molar-refractivity contribution in [1.82, 2.24) is 19.7 Å². The largest absolute Gasteiger partial charge is 0.480 e. The number of carboxylic acid groups (broad SMARTS) is 1. The number of piperazine rings is 1. The van der Waals surface area contributed by atoms with E-state index in [9.17, 15) is 14.4 Å². The highest BCUT2D eigenvalue weighted by molar-refractivity contribution is 7.09. The molecule has 2 saturated heterocycles.